The van der Waals surface area contributed by atoms with Gasteiger partial charge >= 0.3 is 6.01 Å². The van der Waals surface area contributed by atoms with Gasteiger partial charge in [0.05, 0.1) is 0 Å². The van der Waals surface area contributed by atoms with Crippen LogP contribution in [-0.2, 0) is 0 Å². The topological polar surface area (TPSA) is 95.4 Å². The minimum absolute atomic E-state index is 0.0586. The number of anilines is 3. The molecule has 0 radical (unpaired) electrons. The van der Waals surface area contributed by atoms with Crippen LogP contribution in [0.5, 0.6) is 11.8 Å². The van der Waals surface area contributed by atoms with Gasteiger partial charge < -0.3 is 25.4 Å². The fourth-order valence-electron chi connectivity index (χ4n) is 4.10. The number of hydrogen-bond acceptors (Lipinski definition) is 8. The minimum Gasteiger partial charge on any atom is -0.505 e. The lowest BCUT2D eigenvalue weighted by Gasteiger charge is -2.28. The summed E-state index contributed by atoms with van der Waals surface area (Å²) in [6.45, 7) is 1.95. The first-order chi connectivity index (χ1) is 15.0. The summed E-state index contributed by atoms with van der Waals surface area (Å²) in [6.07, 6.45) is 8.98. The molecule has 3 N–H and O–H groups in total. The van der Waals surface area contributed by atoms with Crippen LogP contribution in [-0.4, -0.2) is 57.2 Å². The summed E-state index contributed by atoms with van der Waals surface area (Å²) in [6, 6.07) is 4.65. The lowest BCUT2D eigenvalue weighted by molar-refractivity contribution is 0.105. The van der Waals surface area contributed by atoms with E-state index in [2.05, 4.69) is 37.5 Å². The Kier molecular flexibility index (Phi) is 7.01. The molecule has 1 aliphatic heterocycles. The molecule has 0 atom stereocenters. The molecule has 8 nitrogen and oxygen atoms in total. The van der Waals surface area contributed by atoms with Crippen LogP contribution in [0.4, 0.5) is 22.0 Å². The second kappa shape index (κ2) is 10.1. The van der Waals surface area contributed by atoms with Crippen molar-refractivity contribution in [1.29, 1.82) is 0 Å². The third-order valence-corrected chi connectivity index (χ3v) is 5.94. The van der Waals surface area contributed by atoms with Crippen molar-refractivity contribution in [2.75, 3.05) is 30.8 Å². The maximum Gasteiger partial charge on any atom is 0.323 e. The van der Waals surface area contributed by atoms with Crippen molar-refractivity contribution in [1.82, 2.24) is 19.9 Å². The summed E-state index contributed by atoms with van der Waals surface area (Å²) in [5.74, 6) is -0.368. The van der Waals surface area contributed by atoms with Crippen molar-refractivity contribution in [3.63, 3.8) is 0 Å². The summed E-state index contributed by atoms with van der Waals surface area (Å²) in [4.78, 5) is 15.7. The number of nitrogens with zero attached hydrogens (tertiary/aromatic N) is 4. The number of aromatic nitrogens is 3. The molecular weight excluding hydrogens is 399 g/mol. The number of likely N-dealkylation sites (tertiary alicyclic amines) is 1. The molecule has 2 heterocycles. The second-order valence-corrected chi connectivity index (χ2v) is 8.51. The highest BCUT2D eigenvalue weighted by Crippen LogP contribution is 2.25. The van der Waals surface area contributed by atoms with Crippen LogP contribution in [0, 0.1) is 5.82 Å². The molecule has 9 heteroatoms. The first-order valence-electron chi connectivity index (χ1n) is 11.2. The molecule has 1 saturated heterocycles. The maximum atomic E-state index is 13.7. The lowest BCUT2D eigenvalue weighted by Crippen LogP contribution is -2.36. The SMILES string of the molecule is CN1CCC(Oc2nc(Nc3ccc(O)c(F)c3)nc(NC3CCCCCC3)n2)CC1. The van der Waals surface area contributed by atoms with Gasteiger partial charge in [-0.05, 0) is 44.9 Å². The molecule has 1 aliphatic carbocycles. The van der Waals surface area contributed by atoms with Gasteiger partial charge in [0.2, 0.25) is 11.9 Å². The van der Waals surface area contributed by atoms with Crippen molar-refractivity contribution in [2.45, 2.75) is 63.5 Å². The lowest BCUT2D eigenvalue weighted by atomic mass is 10.1. The summed E-state index contributed by atoms with van der Waals surface area (Å²) in [7, 11) is 2.10. The van der Waals surface area contributed by atoms with Gasteiger partial charge in [-0.3, -0.25) is 0 Å². The Bertz CT molecular complexity index is 867. The van der Waals surface area contributed by atoms with Crippen LogP contribution < -0.4 is 15.4 Å². The highest BCUT2D eigenvalue weighted by Gasteiger charge is 2.21. The van der Waals surface area contributed by atoms with Crippen molar-refractivity contribution in [2.24, 2.45) is 0 Å². The van der Waals surface area contributed by atoms with Crippen LogP contribution in [0.15, 0.2) is 18.2 Å². The molecule has 0 unspecified atom stereocenters. The zero-order valence-corrected chi connectivity index (χ0v) is 18.0. The van der Waals surface area contributed by atoms with Crippen LogP contribution >= 0.6 is 0 Å². The maximum absolute atomic E-state index is 13.7. The Hall–Kier alpha value is -2.68. The van der Waals surface area contributed by atoms with E-state index in [1.807, 2.05) is 0 Å². The number of aromatic hydroxyl groups is 1. The molecule has 0 amide bonds. The standard InChI is InChI=1S/C22H31FN6O2/c1-29-12-10-17(11-13-29)31-22-27-20(24-15-6-4-2-3-5-7-15)26-21(28-22)25-16-8-9-19(30)18(23)14-16/h8-9,14-15,17,30H,2-7,10-13H2,1H3,(H2,24,25,26,27,28). The van der Waals surface area contributed by atoms with Crippen molar-refractivity contribution >= 4 is 17.6 Å². The molecular formula is C22H31FN6O2. The number of piperidine rings is 1. The van der Waals surface area contributed by atoms with Gasteiger partial charge in [0.25, 0.3) is 0 Å². The zero-order chi connectivity index (χ0) is 21.6. The van der Waals surface area contributed by atoms with Gasteiger partial charge in [-0.2, -0.15) is 15.0 Å². The van der Waals surface area contributed by atoms with Gasteiger partial charge in [-0.1, -0.05) is 25.7 Å². The van der Waals surface area contributed by atoms with Gasteiger partial charge in [0.1, 0.15) is 6.10 Å². The van der Waals surface area contributed by atoms with Crippen molar-refractivity contribution in [3.8, 4) is 11.8 Å². The normalized spacial score (nSPS) is 19.0. The van der Waals surface area contributed by atoms with Crippen LogP contribution in [0.2, 0.25) is 0 Å². The molecule has 0 spiro atoms. The fraction of sp³-hybridized carbons (Fsp3) is 0.591. The van der Waals surface area contributed by atoms with Crippen molar-refractivity contribution in [3.05, 3.63) is 24.0 Å². The number of benzene rings is 1. The Labute approximate surface area is 182 Å². The van der Waals surface area contributed by atoms with E-state index in [0.29, 0.717) is 17.7 Å². The second-order valence-electron chi connectivity index (χ2n) is 8.51. The largest absolute Gasteiger partial charge is 0.505 e. The first kappa shape index (κ1) is 21.5. The molecule has 31 heavy (non-hydrogen) atoms. The average molecular weight is 431 g/mol. The third kappa shape index (κ3) is 6.16. The minimum atomic E-state index is -0.710. The van der Waals surface area contributed by atoms with E-state index in [-0.39, 0.29) is 18.1 Å². The Morgan fingerprint density at radius 1 is 1.00 bits per heavy atom. The fourth-order valence-corrected chi connectivity index (χ4v) is 4.10. The predicted octanol–water partition coefficient (Wildman–Crippen LogP) is 4.07. The number of nitrogens with one attached hydrogen (secondary N) is 2. The molecule has 0 bridgehead atoms. The highest BCUT2D eigenvalue weighted by molar-refractivity contribution is 5.56. The molecule has 2 aromatic rings. The van der Waals surface area contributed by atoms with Gasteiger partial charge in [0, 0.05) is 30.9 Å². The van der Waals surface area contributed by atoms with E-state index in [1.54, 1.807) is 6.07 Å². The zero-order valence-electron chi connectivity index (χ0n) is 18.0. The van der Waals surface area contributed by atoms with E-state index in [1.165, 1.54) is 37.8 Å². The van der Waals surface area contributed by atoms with Crippen molar-refractivity contribution < 1.29 is 14.2 Å². The Morgan fingerprint density at radius 3 is 2.42 bits per heavy atom. The molecule has 1 aromatic heterocycles. The van der Waals surface area contributed by atoms with Gasteiger partial charge in [-0.15, -0.1) is 0 Å². The van der Waals surface area contributed by atoms with E-state index >= 15 is 0 Å². The average Bonchev–Trinajstić information content (AvgIpc) is 3.01. The number of halogens is 1. The van der Waals surface area contributed by atoms with Crippen LogP contribution in [0.25, 0.3) is 0 Å². The molecule has 2 fully saturated rings. The molecule has 4 rings (SSSR count). The number of phenolic OH excluding ortho intramolecular Hbond substituents is 1. The number of rotatable bonds is 6. The van der Waals surface area contributed by atoms with E-state index in [9.17, 15) is 9.50 Å². The number of ether oxygens (including phenoxy) is 1. The van der Waals surface area contributed by atoms with E-state index in [0.717, 1.165) is 38.8 Å². The van der Waals surface area contributed by atoms with E-state index < -0.39 is 11.6 Å². The monoisotopic (exact) mass is 430 g/mol. The Balaban J connectivity index is 1.53. The Morgan fingerprint density at radius 2 is 1.71 bits per heavy atom. The van der Waals surface area contributed by atoms with Gasteiger partial charge in [-0.25, -0.2) is 4.39 Å². The molecule has 1 saturated carbocycles. The molecule has 1 aromatic carbocycles. The molecule has 168 valence electrons. The summed E-state index contributed by atoms with van der Waals surface area (Å²) in [5, 5.41) is 15.9. The summed E-state index contributed by atoms with van der Waals surface area (Å²) >= 11 is 0. The van der Waals surface area contributed by atoms with Crippen LogP contribution in [0.3, 0.4) is 0 Å². The third-order valence-electron chi connectivity index (χ3n) is 5.94. The van der Waals surface area contributed by atoms with E-state index in [4.69, 9.17) is 4.74 Å². The quantitative estimate of drug-likeness (QED) is 0.466. The highest BCUT2D eigenvalue weighted by atomic mass is 19.1. The van der Waals surface area contributed by atoms with Gasteiger partial charge in [0.15, 0.2) is 11.6 Å². The smallest absolute Gasteiger partial charge is 0.323 e. The molecule has 2 aliphatic rings. The number of hydrogen-bond donors (Lipinski definition) is 3. The summed E-state index contributed by atoms with van der Waals surface area (Å²) in [5.41, 5.74) is 0.437. The summed E-state index contributed by atoms with van der Waals surface area (Å²) < 4.78 is 19.8. The number of phenols is 1. The van der Waals surface area contributed by atoms with Crippen LogP contribution in [0.1, 0.15) is 51.4 Å². The first-order valence-corrected chi connectivity index (χ1v) is 11.2. The predicted molar refractivity (Wildman–Crippen MR) is 117 cm³/mol.